The van der Waals surface area contributed by atoms with Gasteiger partial charge in [0.2, 0.25) is 41.4 Å². The lowest BCUT2D eigenvalue weighted by Crippen LogP contribution is -2.59. The molecule has 0 bridgehead atoms. The summed E-state index contributed by atoms with van der Waals surface area (Å²) in [5.74, 6) is -7.28. The molecule has 22 heteroatoms. The standard InChI is InChI=1S/C50H73N9O11S2/c1-30(61)40-17-11-22-59(40)50(70)37-25-44(64)52-39(29-72)48(68)53-35(15-9-10-20-57(2)3)43(63)24-31(23-32-26-51-34-14-8-7-13-33(32)34)46(66)56-38(28-71)42(62)19-6-4-5-16-36(47(67)55-37)54-49(69)41-18-12-21-58(41)45(65)27-60/h7-8,13-14,26,31,35-41,51,60,71-72H,4-6,9-12,15-25,27-29H2,1-3H3,(H,52,64)(H,53,68)(H,54,69)(H,55,67)(H,56,66)/t31?,35?,36-,37?,38-,39?,40?,41?/m0/s1. The number of benzene rings is 1. The number of hydrogen-bond donors (Lipinski definition) is 9. The summed E-state index contributed by atoms with van der Waals surface area (Å²) in [4.78, 5) is 146. The molecule has 5 rings (SSSR count). The zero-order valence-corrected chi connectivity index (χ0v) is 43.4. The van der Waals surface area contributed by atoms with Crippen molar-refractivity contribution in [2.75, 3.05) is 51.8 Å². The highest BCUT2D eigenvalue weighted by molar-refractivity contribution is 7.80. The van der Waals surface area contributed by atoms with Crippen molar-refractivity contribution in [2.24, 2.45) is 5.92 Å². The molecular weight excluding hydrogens is 967 g/mol. The van der Waals surface area contributed by atoms with Crippen LogP contribution in [0, 0.1) is 5.92 Å². The number of fused-ring (bicyclic) bond motifs is 1. The van der Waals surface area contributed by atoms with Crippen LogP contribution in [0.15, 0.2) is 30.5 Å². The number of Topliss-reactive ketones (excluding diaryl/α,β-unsaturated/α-hetero) is 3. The van der Waals surface area contributed by atoms with Crippen LogP contribution in [-0.4, -0.2) is 178 Å². The van der Waals surface area contributed by atoms with E-state index in [-0.39, 0.29) is 81.1 Å². The Morgan fingerprint density at radius 2 is 1.44 bits per heavy atom. The van der Waals surface area contributed by atoms with Crippen LogP contribution in [0.4, 0.5) is 0 Å². The fourth-order valence-electron chi connectivity index (χ4n) is 9.81. The highest BCUT2D eigenvalue weighted by Gasteiger charge is 2.40. The normalized spacial score (nSPS) is 26.0. The van der Waals surface area contributed by atoms with E-state index >= 15 is 0 Å². The van der Waals surface area contributed by atoms with E-state index in [2.05, 4.69) is 56.8 Å². The summed E-state index contributed by atoms with van der Waals surface area (Å²) in [5.41, 5.74) is 1.60. The lowest BCUT2D eigenvalue weighted by atomic mass is 9.89. The van der Waals surface area contributed by atoms with Gasteiger partial charge in [0.05, 0.1) is 24.5 Å². The molecule has 3 aliphatic rings. The van der Waals surface area contributed by atoms with E-state index in [0.29, 0.717) is 51.5 Å². The summed E-state index contributed by atoms with van der Waals surface area (Å²) in [5, 5.41) is 24.1. The number of H-pyrrole nitrogens is 1. The lowest BCUT2D eigenvalue weighted by molar-refractivity contribution is -0.143. The van der Waals surface area contributed by atoms with Gasteiger partial charge in [0.25, 0.3) is 0 Å². The minimum absolute atomic E-state index is 0.00775. The van der Waals surface area contributed by atoms with Crippen molar-refractivity contribution in [1.29, 1.82) is 0 Å². The molecule has 396 valence electrons. The summed E-state index contributed by atoms with van der Waals surface area (Å²) >= 11 is 8.78. The van der Waals surface area contributed by atoms with Crippen LogP contribution in [0.2, 0.25) is 0 Å². The van der Waals surface area contributed by atoms with Gasteiger partial charge in [-0.1, -0.05) is 31.0 Å². The van der Waals surface area contributed by atoms with Crippen molar-refractivity contribution >= 4 is 94.9 Å². The maximum absolute atomic E-state index is 14.5. The van der Waals surface area contributed by atoms with E-state index < -0.39 is 108 Å². The molecule has 0 radical (unpaired) electrons. The molecule has 7 amide bonds. The molecule has 20 nitrogen and oxygen atoms in total. The van der Waals surface area contributed by atoms with Gasteiger partial charge in [-0.3, -0.25) is 47.9 Å². The number of likely N-dealkylation sites (tertiary alicyclic amines) is 2. The highest BCUT2D eigenvalue weighted by atomic mass is 32.1. The van der Waals surface area contributed by atoms with Gasteiger partial charge in [-0.05, 0) is 103 Å². The van der Waals surface area contributed by atoms with Crippen LogP contribution >= 0.6 is 25.3 Å². The number of aromatic nitrogens is 1. The van der Waals surface area contributed by atoms with Crippen LogP contribution in [0.25, 0.3) is 10.9 Å². The maximum atomic E-state index is 14.5. The zero-order chi connectivity index (χ0) is 52.5. The number of para-hydroxylation sites is 1. The van der Waals surface area contributed by atoms with Gasteiger partial charge in [-0.2, -0.15) is 25.3 Å². The Bertz CT molecular complexity index is 2280. The first kappa shape index (κ1) is 57.6. The summed E-state index contributed by atoms with van der Waals surface area (Å²) in [7, 11) is 3.83. The molecule has 3 aliphatic heterocycles. The van der Waals surface area contributed by atoms with Gasteiger partial charge >= 0.3 is 0 Å². The van der Waals surface area contributed by atoms with Gasteiger partial charge in [0.1, 0.15) is 30.8 Å². The molecule has 2 aromatic rings. The molecular formula is C50H73N9O11S2. The Balaban J connectivity index is 1.48. The van der Waals surface area contributed by atoms with Gasteiger partial charge in [-0.15, -0.1) is 0 Å². The maximum Gasteiger partial charge on any atom is 0.248 e. The third-order valence-corrected chi connectivity index (χ3v) is 14.5. The van der Waals surface area contributed by atoms with Gasteiger partial charge < -0.3 is 51.4 Å². The minimum atomic E-state index is -1.57. The first-order valence-corrected chi connectivity index (χ1v) is 26.4. The van der Waals surface area contributed by atoms with E-state index in [1.54, 1.807) is 6.20 Å². The lowest BCUT2D eigenvalue weighted by Gasteiger charge is -2.30. The van der Waals surface area contributed by atoms with Crippen LogP contribution in [-0.2, 0) is 54.4 Å². The van der Waals surface area contributed by atoms with Crippen molar-refractivity contribution in [2.45, 2.75) is 146 Å². The molecule has 4 heterocycles. The highest BCUT2D eigenvalue weighted by Crippen LogP contribution is 2.25. The summed E-state index contributed by atoms with van der Waals surface area (Å²) in [6, 6.07) is -0.567. The number of hydrogen-bond acceptors (Lipinski definition) is 14. The zero-order valence-electron chi connectivity index (χ0n) is 41.6. The molecule has 6 unspecified atom stereocenters. The Morgan fingerprint density at radius 3 is 2.14 bits per heavy atom. The molecule has 3 fully saturated rings. The largest absolute Gasteiger partial charge is 0.387 e. The van der Waals surface area contributed by atoms with E-state index in [4.69, 9.17) is 0 Å². The van der Waals surface area contributed by atoms with E-state index in [1.807, 2.05) is 43.3 Å². The average molecular weight is 1040 g/mol. The van der Waals surface area contributed by atoms with Crippen molar-refractivity contribution < 1.29 is 53.1 Å². The number of aliphatic hydroxyl groups is 1. The Morgan fingerprint density at radius 1 is 0.750 bits per heavy atom. The molecule has 0 saturated carbocycles. The van der Waals surface area contributed by atoms with Crippen LogP contribution in [0.1, 0.15) is 102 Å². The molecule has 0 spiro atoms. The number of rotatable bonds is 14. The van der Waals surface area contributed by atoms with Gasteiger partial charge in [0.15, 0.2) is 17.3 Å². The van der Waals surface area contributed by atoms with Crippen molar-refractivity contribution in [3.63, 3.8) is 0 Å². The Labute approximate surface area is 431 Å². The molecule has 8 atom stereocenters. The predicted molar refractivity (Wildman–Crippen MR) is 275 cm³/mol. The first-order valence-electron chi connectivity index (χ1n) is 25.1. The Kier molecular flexibility index (Phi) is 22.6. The molecule has 3 saturated heterocycles. The second kappa shape index (κ2) is 28.2. The number of nitrogens with zero attached hydrogens (tertiary/aromatic N) is 3. The van der Waals surface area contributed by atoms with Crippen LogP contribution in [0.3, 0.4) is 0 Å². The van der Waals surface area contributed by atoms with Crippen molar-refractivity contribution in [3.8, 4) is 0 Å². The molecule has 1 aromatic carbocycles. The quantitative estimate of drug-likeness (QED) is 0.0939. The summed E-state index contributed by atoms with van der Waals surface area (Å²) in [6.45, 7) is 1.63. The monoisotopic (exact) mass is 1040 g/mol. The smallest absolute Gasteiger partial charge is 0.248 e. The second-order valence-corrected chi connectivity index (χ2v) is 20.2. The molecule has 1 aromatic heterocycles. The number of aliphatic hydroxyl groups excluding tert-OH is 1. The SMILES string of the molecule is CC(=O)C1CCCN1C(=O)C1CC(=O)NC(CS)C(=O)NC(CCCCN(C)C)C(=O)CC(Cc2c[nH]c3ccccc23)C(=O)N[C@@H](CS)C(=O)CCCCC[C@H](NC(=O)C2CCCN2C(=O)CO)C(=O)N1. The number of carbonyl (C=O) groups excluding carboxylic acids is 10. The number of amides is 7. The second-order valence-electron chi connectivity index (χ2n) is 19.4. The number of nitrogens with one attached hydrogen (secondary N) is 6. The van der Waals surface area contributed by atoms with Crippen LogP contribution in [0.5, 0.6) is 0 Å². The minimum Gasteiger partial charge on any atom is -0.387 e. The van der Waals surface area contributed by atoms with Crippen molar-refractivity contribution in [3.05, 3.63) is 36.0 Å². The number of unbranched alkanes of at least 4 members (excludes halogenated alkanes) is 1. The van der Waals surface area contributed by atoms with E-state index in [0.717, 1.165) is 16.5 Å². The fourth-order valence-corrected chi connectivity index (χ4v) is 10.4. The summed E-state index contributed by atoms with van der Waals surface area (Å²) < 4.78 is 0. The van der Waals surface area contributed by atoms with E-state index in [1.165, 1.54) is 16.7 Å². The number of carbonyl (C=O) groups is 10. The Hall–Kier alpha value is -5.32. The number of ketones is 3. The average Bonchev–Trinajstić information content (AvgIpc) is 4.15. The third kappa shape index (κ3) is 16.1. The van der Waals surface area contributed by atoms with Gasteiger partial charge in [-0.25, -0.2) is 0 Å². The number of aromatic amines is 1. The number of thiol groups is 2. The topological polar surface area (TPSA) is 277 Å². The molecule has 0 aliphatic carbocycles. The van der Waals surface area contributed by atoms with Gasteiger partial charge in [0, 0.05) is 60.5 Å². The predicted octanol–water partition coefficient (Wildman–Crippen LogP) is 0.788. The molecule has 7 N–H and O–H groups in total. The molecule has 72 heavy (non-hydrogen) atoms. The third-order valence-electron chi connectivity index (χ3n) is 13.8. The van der Waals surface area contributed by atoms with Crippen LogP contribution < -0.4 is 26.6 Å². The van der Waals surface area contributed by atoms with Crippen molar-refractivity contribution in [1.82, 2.24) is 46.3 Å². The fraction of sp³-hybridized carbons (Fsp3) is 0.640. The van der Waals surface area contributed by atoms with E-state index in [9.17, 15) is 53.1 Å². The summed E-state index contributed by atoms with van der Waals surface area (Å²) in [6.07, 6.45) is 4.96. The first-order chi connectivity index (χ1) is 34.4.